The molecule has 2 bridgehead atoms. The number of hydrogen-bond acceptors (Lipinski definition) is 3. The summed E-state index contributed by atoms with van der Waals surface area (Å²) in [6, 6.07) is -0.316. The van der Waals surface area contributed by atoms with Gasteiger partial charge in [0.1, 0.15) is 25.7 Å². The second-order valence-electron chi connectivity index (χ2n) is 3.43. The van der Waals surface area contributed by atoms with Crippen LogP contribution in [0.1, 0.15) is 13.3 Å². The lowest BCUT2D eigenvalue weighted by Gasteiger charge is -2.29. The highest BCUT2D eigenvalue weighted by Crippen LogP contribution is 2.42. The molecule has 2 fully saturated rings. The van der Waals surface area contributed by atoms with Gasteiger partial charge in [0.05, 0.1) is 6.61 Å². The Morgan fingerprint density at radius 1 is 1.67 bits per heavy atom. The van der Waals surface area contributed by atoms with Crippen molar-refractivity contribution < 1.29 is 14.2 Å². The SMILES string of the molecule is [B][C@@H]1O[C@@]2(CC)COC1C2OC. The second kappa shape index (κ2) is 2.72. The molecule has 3 nitrogen and oxygen atoms in total. The lowest BCUT2D eigenvalue weighted by molar-refractivity contribution is -0.120. The normalized spacial score (nSPS) is 51.7. The van der Waals surface area contributed by atoms with E-state index in [0.717, 1.165) is 6.42 Å². The van der Waals surface area contributed by atoms with Crippen molar-refractivity contribution in [2.24, 2.45) is 0 Å². The van der Waals surface area contributed by atoms with Crippen LogP contribution in [0.2, 0.25) is 0 Å². The number of fused-ring (bicyclic) bond motifs is 2. The molecule has 0 saturated carbocycles. The van der Waals surface area contributed by atoms with E-state index in [1.165, 1.54) is 0 Å². The summed E-state index contributed by atoms with van der Waals surface area (Å²) in [4.78, 5) is 0. The fourth-order valence-corrected chi connectivity index (χ4v) is 2.15. The summed E-state index contributed by atoms with van der Waals surface area (Å²) < 4.78 is 16.4. The van der Waals surface area contributed by atoms with Gasteiger partial charge < -0.3 is 14.2 Å². The van der Waals surface area contributed by atoms with Crippen LogP contribution in [0.4, 0.5) is 0 Å². The molecule has 4 atom stereocenters. The van der Waals surface area contributed by atoms with Crippen molar-refractivity contribution in [2.75, 3.05) is 13.7 Å². The summed E-state index contributed by atoms with van der Waals surface area (Å²) in [7, 11) is 7.40. The monoisotopic (exact) mass is 168 g/mol. The van der Waals surface area contributed by atoms with Gasteiger partial charge in [-0.2, -0.15) is 0 Å². The molecule has 0 aromatic heterocycles. The second-order valence-corrected chi connectivity index (χ2v) is 3.43. The van der Waals surface area contributed by atoms with Crippen molar-refractivity contribution in [3.8, 4) is 0 Å². The van der Waals surface area contributed by atoms with E-state index in [2.05, 4.69) is 6.92 Å². The van der Waals surface area contributed by atoms with E-state index in [-0.39, 0.29) is 23.8 Å². The van der Waals surface area contributed by atoms with Gasteiger partial charge in [0.2, 0.25) is 0 Å². The minimum atomic E-state index is -0.316. The molecule has 2 unspecified atom stereocenters. The average molecular weight is 168 g/mol. The summed E-state index contributed by atoms with van der Waals surface area (Å²) in [5.74, 6) is 0. The Bertz CT molecular complexity index is 187. The first-order chi connectivity index (χ1) is 5.73. The Morgan fingerprint density at radius 3 is 2.83 bits per heavy atom. The van der Waals surface area contributed by atoms with E-state index >= 15 is 0 Å². The molecule has 2 saturated heterocycles. The lowest BCUT2D eigenvalue weighted by Crippen LogP contribution is -2.40. The van der Waals surface area contributed by atoms with E-state index in [0.29, 0.717) is 6.61 Å². The number of methoxy groups -OCH3 is 1. The smallest absolute Gasteiger partial charge is 0.119 e. The Hall–Kier alpha value is -0.0551. The highest BCUT2D eigenvalue weighted by Gasteiger charge is 2.58. The lowest BCUT2D eigenvalue weighted by atomic mass is 9.91. The third kappa shape index (κ3) is 0.887. The third-order valence-corrected chi connectivity index (χ3v) is 2.88. The largest absolute Gasteiger partial charge is 0.376 e. The van der Waals surface area contributed by atoms with Crippen molar-refractivity contribution >= 4 is 7.85 Å². The first-order valence-electron chi connectivity index (χ1n) is 4.31. The van der Waals surface area contributed by atoms with Crippen LogP contribution >= 0.6 is 0 Å². The average Bonchev–Trinajstić information content (AvgIpc) is 2.56. The zero-order valence-corrected chi connectivity index (χ0v) is 7.45. The van der Waals surface area contributed by atoms with Crippen molar-refractivity contribution in [1.29, 1.82) is 0 Å². The summed E-state index contributed by atoms with van der Waals surface area (Å²) >= 11 is 0. The molecule has 0 spiro atoms. The van der Waals surface area contributed by atoms with Crippen LogP contribution in [-0.2, 0) is 14.2 Å². The Balaban J connectivity index is 2.23. The molecule has 4 heteroatoms. The Morgan fingerprint density at radius 2 is 2.42 bits per heavy atom. The maximum Gasteiger partial charge on any atom is 0.119 e. The van der Waals surface area contributed by atoms with Crippen molar-refractivity contribution in [3.63, 3.8) is 0 Å². The highest BCUT2D eigenvalue weighted by atomic mass is 16.7. The van der Waals surface area contributed by atoms with Crippen LogP contribution in [-0.4, -0.2) is 45.4 Å². The summed E-state index contributed by atoms with van der Waals surface area (Å²) in [5.41, 5.74) is -0.279. The quantitative estimate of drug-likeness (QED) is 0.546. The Kier molecular flexibility index (Phi) is 1.94. The topological polar surface area (TPSA) is 27.7 Å². The van der Waals surface area contributed by atoms with Crippen LogP contribution in [0, 0.1) is 0 Å². The molecule has 12 heavy (non-hydrogen) atoms. The first kappa shape index (κ1) is 8.54. The van der Waals surface area contributed by atoms with Crippen LogP contribution in [0.3, 0.4) is 0 Å². The van der Waals surface area contributed by atoms with Gasteiger partial charge in [-0.05, 0) is 6.42 Å². The van der Waals surface area contributed by atoms with Crippen LogP contribution < -0.4 is 0 Å². The maximum absolute atomic E-state index is 5.72. The molecule has 0 amide bonds. The molecule has 0 aromatic carbocycles. The zero-order chi connectivity index (χ0) is 8.77. The summed E-state index contributed by atoms with van der Waals surface area (Å²) in [6.45, 7) is 2.68. The third-order valence-electron chi connectivity index (χ3n) is 2.88. The Labute approximate surface area is 73.8 Å². The standard InChI is InChI=1S/C8H13BO3/c1-3-8-4-11-5(6(8)10-2)7(9)12-8/h5-7H,3-4H2,1-2H3/t5?,6?,7-,8+/m1/s1. The van der Waals surface area contributed by atoms with E-state index < -0.39 is 0 Å². The van der Waals surface area contributed by atoms with Crippen molar-refractivity contribution in [1.82, 2.24) is 0 Å². The number of hydrogen-bond donors (Lipinski definition) is 0. The van der Waals surface area contributed by atoms with Gasteiger partial charge in [-0.3, -0.25) is 0 Å². The molecule has 2 aliphatic rings. The highest BCUT2D eigenvalue weighted by molar-refractivity contribution is 6.11. The van der Waals surface area contributed by atoms with Gasteiger partial charge in [0, 0.05) is 13.1 Å². The number of ether oxygens (including phenoxy) is 3. The molecule has 0 N–H and O–H groups in total. The van der Waals surface area contributed by atoms with Gasteiger partial charge in [0.15, 0.2) is 0 Å². The van der Waals surface area contributed by atoms with Gasteiger partial charge in [0.25, 0.3) is 0 Å². The maximum atomic E-state index is 5.72. The summed E-state index contributed by atoms with van der Waals surface area (Å²) in [5, 5.41) is 0. The van der Waals surface area contributed by atoms with E-state index in [4.69, 9.17) is 22.1 Å². The van der Waals surface area contributed by atoms with Gasteiger partial charge in [-0.1, -0.05) is 6.92 Å². The molecular formula is C8H13BO3. The van der Waals surface area contributed by atoms with E-state index in [9.17, 15) is 0 Å². The molecule has 0 aromatic rings. The molecule has 0 aliphatic carbocycles. The molecule has 2 rings (SSSR count). The van der Waals surface area contributed by atoms with Crippen molar-refractivity contribution in [3.05, 3.63) is 0 Å². The minimum absolute atomic E-state index is 0.0116. The van der Waals surface area contributed by atoms with Gasteiger partial charge in [-0.15, -0.1) is 0 Å². The fraction of sp³-hybridized carbons (Fsp3) is 1.00. The fourth-order valence-electron chi connectivity index (χ4n) is 2.15. The first-order valence-corrected chi connectivity index (χ1v) is 4.31. The van der Waals surface area contributed by atoms with Crippen LogP contribution in [0.25, 0.3) is 0 Å². The van der Waals surface area contributed by atoms with Crippen LogP contribution in [0.15, 0.2) is 0 Å². The number of rotatable bonds is 2. The molecular weight excluding hydrogens is 155 g/mol. The zero-order valence-electron chi connectivity index (χ0n) is 7.45. The van der Waals surface area contributed by atoms with Crippen molar-refractivity contribution in [2.45, 2.75) is 37.2 Å². The molecule has 2 radical (unpaired) electrons. The predicted octanol–water partition coefficient (Wildman–Crippen LogP) is 0.0738. The molecule has 2 aliphatic heterocycles. The molecule has 2 heterocycles. The predicted molar refractivity (Wildman–Crippen MR) is 44.2 cm³/mol. The van der Waals surface area contributed by atoms with E-state index in [1.54, 1.807) is 7.11 Å². The van der Waals surface area contributed by atoms with Gasteiger partial charge >= 0.3 is 0 Å². The summed E-state index contributed by atoms with van der Waals surface area (Å²) in [6.07, 6.45) is 0.822. The van der Waals surface area contributed by atoms with E-state index in [1.807, 2.05) is 0 Å². The van der Waals surface area contributed by atoms with Gasteiger partial charge in [-0.25, -0.2) is 0 Å². The van der Waals surface area contributed by atoms with Crippen LogP contribution in [0.5, 0.6) is 0 Å². The molecule has 66 valence electrons. The minimum Gasteiger partial charge on any atom is -0.376 e.